The molecule has 10 rings (SSSR count). The highest BCUT2D eigenvalue weighted by Gasteiger charge is 2.23. The number of nitrogens with zero attached hydrogens (tertiary/aromatic N) is 3. The van der Waals surface area contributed by atoms with Gasteiger partial charge in [-0.3, -0.25) is 0 Å². The summed E-state index contributed by atoms with van der Waals surface area (Å²) in [6.07, 6.45) is 9.34. The van der Waals surface area contributed by atoms with Gasteiger partial charge in [-0.1, -0.05) is 170 Å². The molecule has 0 radical (unpaired) electrons. The van der Waals surface area contributed by atoms with Gasteiger partial charge < -0.3 is 4.42 Å². The minimum absolute atomic E-state index is 0.0503. The number of fused-ring (bicyclic) bond motifs is 3. The van der Waals surface area contributed by atoms with Crippen LogP contribution in [0.2, 0.25) is 0 Å². The highest BCUT2D eigenvalue weighted by molar-refractivity contribution is 6.18. The summed E-state index contributed by atoms with van der Waals surface area (Å²) in [6.45, 7) is 0. The Hall–Kier alpha value is -7.17. The van der Waals surface area contributed by atoms with Gasteiger partial charge in [0, 0.05) is 38.9 Å². The zero-order valence-corrected chi connectivity index (χ0v) is 30.0. The van der Waals surface area contributed by atoms with Crippen LogP contribution < -0.4 is 0 Å². The second-order valence-corrected chi connectivity index (χ2v) is 13.9. The molecule has 0 bridgehead atoms. The third-order valence-corrected chi connectivity index (χ3v) is 10.4. The van der Waals surface area contributed by atoms with E-state index in [0.717, 1.165) is 78.7 Å². The quantitative estimate of drug-likeness (QED) is 0.166. The van der Waals surface area contributed by atoms with Crippen molar-refractivity contribution in [2.75, 3.05) is 0 Å². The molecular formula is C51H35N3O. The van der Waals surface area contributed by atoms with Crippen LogP contribution >= 0.6 is 0 Å². The Morgan fingerprint density at radius 2 is 0.964 bits per heavy atom. The molecule has 1 unspecified atom stereocenters. The summed E-state index contributed by atoms with van der Waals surface area (Å²) in [5.74, 6) is 2.08. The van der Waals surface area contributed by atoms with Crippen molar-refractivity contribution in [1.82, 2.24) is 15.0 Å². The number of allylic oxidation sites excluding steroid dienone is 4. The number of aromatic nitrogens is 3. The summed E-state index contributed by atoms with van der Waals surface area (Å²) in [5.41, 5.74) is 12.3. The predicted octanol–water partition coefficient (Wildman–Crippen LogP) is 13.4. The van der Waals surface area contributed by atoms with Gasteiger partial charge in [0.15, 0.2) is 11.6 Å². The minimum Gasteiger partial charge on any atom is -0.455 e. The van der Waals surface area contributed by atoms with E-state index >= 15 is 0 Å². The van der Waals surface area contributed by atoms with Gasteiger partial charge in [-0.25, -0.2) is 15.0 Å². The second-order valence-electron chi connectivity index (χ2n) is 13.9. The van der Waals surface area contributed by atoms with Gasteiger partial charge in [-0.05, 0) is 64.1 Å². The molecule has 0 saturated heterocycles. The van der Waals surface area contributed by atoms with Gasteiger partial charge in [0.1, 0.15) is 17.0 Å². The molecule has 0 aliphatic heterocycles. The molecule has 0 saturated carbocycles. The van der Waals surface area contributed by atoms with Crippen molar-refractivity contribution in [3.05, 3.63) is 200 Å². The molecule has 2 aromatic heterocycles. The van der Waals surface area contributed by atoms with Gasteiger partial charge in [-0.2, -0.15) is 0 Å². The Morgan fingerprint density at radius 1 is 0.418 bits per heavy atom. The Labute approximate surface area is 319 Å². The number of benzene rings is 7. The van der Waals surface area contributed by atoms with Crippen molar-refractivity contribution < 1.29 is 4.42 Å². The van der Waals surface area contributed by atoms with E-state index in [0.29, 0.717) is 11.6 Å². The lowest BCUT2D eigenvalue weighted by atomic mass is 9.94. The third kappa shape index (κ3) is 6.14. The van der Waals surface area contributed by atoms with Gasteiger partial charge >= 0.3 is 0 Å². The SMILES string of the molecule is C1=CCC(c2nc(-c3ccccc3)nc(-c3ccc(-c4cccc(-c5ccccc5)c4)c4oc5c(-c6cccc(-c7ccccc7)c6)cccc5c34)n2)C=C1. The van der Waals surface area contributed by atoms with Crippen molar-refractivity contribution >= 4 is 21.9 Å². The van der Waals surface area contributed by atoms with E-state index in [2.05, 4.69) is 164 Å². The van der Waals surface area contributed by atoms with Crippen LogP contribution in [0.15, 0.2) is 199 Å². The standard InChI is InChI=1S/C51H35N3O/c1-5-16-34(17-6-1)38-24-13-26-40(32-38)42-28-15-29-44-46-45(51-53-49(36-20-9-3-10-21-36)52-50(54-51)37-22-11-4-12-23-37)31-30-43(48(46)55-47(42)44)41-27-14-25-39(33-41)35-18-7-2-8-19-35/h1-22,24-33,37H,23H2. The van der Waals surface area contributed by atoms with Gasteiger partial charge in [0.25, 0.3) is 0 Å². The lowest BCUT2D eigenvalue weighted by molar-refractivity contribution is 0.671. The second kappa shape index (κ2) is 14.0. The highest BCUT2D eigenvalue weighted by Crippen LogP contribution is 2.45. The zero-order valence-electron chi connectivity index (χ0n) is 30.0. The number of furan rings is 1. The maximum Gasteiger partial charge on any atom is 0.164 e. The number of para-hydroxylation sites is 1. The maximum absolute atomic E-state index is 7.15. The van der Waals surface area contributed by atoms with E-state index in [9.17, 15) is 0 Å². The fraction of sp³-hybridized carbons (Fsp3) is 0.0392. The first-order valence-corrected chi connectivity index (χ1v) is 18.7. The fourth-order valence-electron chi connectivity index (χ4n) is 7.70. The summed E-state index contributed by atoms with van der Waals surface area (Å²) < 4.78 is 7.15. The molecule has 1 aliphatic carbocycles. The number of hydrogen-bond acceptors (Lipinski definition) is 4. The van der Waals surface area contributed by atoms with Gasteiger partial charge in [-0.15, -0.1) is 0 Å². The highest BCUT2D eigenvalue weighted by atomic mass is 16.3. The Bertz CT molecular complexity index is 2890. The summed E-state index contributed by atoms with van der Waals surface area (Å²) in [7, 11) is 0. The molecule has 7 aromatic carbocycles. The van der Waals surface area contributed by atoms with E-state index in [4.69, 9.17) is 19.4 Å². The molecule has 1 atom stereocenters. The largest absolute Gasteiger partial charge is 0.455 e. The van der Waals surface area contributed by atoms with Gasteiger partial charge in [0.05, 0.1) is 0 Å². The normalized spacial score (nSPS) is 13.8. The van der Waals surface area contributed by atoms with Gasteiger partial charge in [0.2, 0.25) is 0 Å². The van der Waals surface area contributed by atoms with Crippen LogP contribution in [0.25, 0.3) is 89.2 Å². The van der Waals surface area contributed by atoms with Crippen LogP contribution in [0.1, 0.15) is 18.2 Å². The first kappa shape index (κ1) is 32.5. The monoisotopic (exact) mass is 705 g/mol. The van der Waals surface area contributed by atoms with Crippen molar-refractivity contribution in [3.63, 3.8) is 0 Å². The molecule has 0 spiro atoms. The van der Waals surface area contributed by atoms with E-state index in [1.165, 1.54) is 11.1 Å². The molecule has 0 amide bonds. The first-order valence-electron chi connectivity index (χ1n) is 18.7. The Balaban J connectivity index is 1.23. The Morgan fingerprint density at radius 3 is 1.60 bits per heavy atom. The molecule has 1 aliphatic rings. The van der Waals surface area contributed by atoms with E-state index in [1.54, 1.807) is 0 Å². The topological polar surface area (TPSA) is 51.8 Å². The molecule has 4 heteroatoms. The third-order valence-electron chi connectivity index (χ3n) is 10.4. The lowest BCUT2D eigenvalue weighted by Crippen LogP contribution is -2.08. The van der Waals surface area contributed by atoms with Crippen LogP contribution in [-0.2, 0) is 0 Å². The zero-order chi connectivity index (χ0) is 36.6. The minimum atomic E-state index is 0.0503. The van der Waals surface area contributed by atoms with E-state index in [1.807, 2.05) is 30.3 Å². The van der Waals surface area contributed by atoms with Crippen LogP contribution in [-0.4, -0.2) is 15.0 Å². The fourth-order valence-corrected chi connectivity index (χ4v) is 7.70. The average Bonchev–Trinajstić information content (AvgIpc) is 3.67. The maximum atomic E-state index is 7.15. The van der Waals surface area contributed by atoms with Crippen molar-refractivity contribution in [2.45, 2.75) is 12.3 Å². The molecule has 2 heterocycles. The van der Waals surface area contributed by atoms with Crippen LogP contribution in [0, 0.1) is 0 Å². The molecule has 260 valence electrons. The van der Waals surface area contributed by atoms with Crippen LogP contribution in [0.4, 0.5) is 0 Å². The van der Waals surface area contributed by atoms with E-state index < -0.39 is 0 Å². The molecule has 4 nitrogen and oxygen atoms in total. The molecule has 0 N–H and O–H groups in total. The smallest absolute Gasteiger partial charge is 0.164 e. The molecule has 0 fully saturated rings. The molecule has 55 heavy (non-hydrogen) atoms. The summed E-state index contributed by atoms with van der Waals surface area (Å²) in [6, 6.07) is 59.3. The lowest BCUT2D eigenvalue weighted by Gasteiger charge is -2.15. The van der Waals surface area contributed by atoms with Crippen molar-refractivity contribution in [1.29, 1.82) is 0 Å². The van der Waals surface area contributed by atoms with Crippen molar-refractivity contribution in [3.8, 4) is 67.3 Å². The molecule has 9 aromatic rings. The first-order chi connectivity index (χ1) is 27.3. The number of rotatable bonds is 7. The molecular weight excluding hydrogens is 671 g/mol. The van der Waals surface area contributed by atoms with Crippen molar-refractivity contribution in [2.24, 2.45) is 0 Å². The summed E-state index contributed by atoms with van der Waals surface area (Å²) in [5, 5.41) is 1.99. The summed E-state index contributed by atoms with van der Waals surface area (Å²) >= 11 is 0. The van der Waals surface area contributed by atoms with E-state index in [-0.39, 0.29) is 5.92 Å². The average molecular weight is 706 g/mol. The number of hydrogen-bond donors (Lipinski definition) is 0. The Kier molecular flexibility index (Phi) is 8.27. The van der Waals surface area contributed by atoms with Crippen LogP contribution in [0.3, 0.4) is 0 Å². The summed E-state index contributed by atoms with van der Waals surface area (Å²) in [4.78, 5) is 15.4. The predicted molar refractivity (Wildman–Crippen MR) is 225 cm³/mol. The van der Waals surface area contributed by atoms with Crippen LogP contribution in [0.5, 0.6) is 0 Å².